The van der Waals surface area contributed by atoms with Gasteiger partial charge in [-0.3, -0.25) is 14.9 Å². The summed E-state index contributed by atoms with van der Waals surface area (Å²) in [6.07, 6.45) is 1.71. The summed E-state index contributed by atoms with van der Waals surface area (Å²) in [7, 11) is 5.34. The molecule has 13 heteroatoms. The third-order valence-corrected chi connectivity index (χ3v) is 5.99. The summed E-state index contributed by atoms with van der Waals surface area (Å²) < 4.78 is 5.11. The van der Waals surface area contributed by atoms with Crippen LogP contribution in [0.1, 0.15) is 13.8 Å². The van der Waals surface area contributed by atoms with E-state index in [0.29, 0.717) is 11.3 Å². The molecule has 0 aromatic heterocycles. The molecule has 1 fully saturated rings. The Kier molecular flexibility index (Phi) is 6.71. The summed E-state index contributed by atoms with van der Waals surface area (Å²) >= 11 is 1.00. The molecule has 0 aliphatic carbocycles. The maximum atomic E-state index is 13.2. The second kappa shape index (κ2) is 9.14. The smallest absolute Gasteiger partial charge is 0.365 e. The van der Waals surface area contributed by atoms with Crippen molar-refractivity contribution in [2.24, 2.45) is 5.10 Å². The first kappa shape index (κ1) is 23.5. The van der Waals surface area contributed by atoms with Gasteiger partial charge in [0.2, 0.25) is 5.04 Å². The number of carbonyl (C=O) groups is 2. The lowest BCUT2D eigenvalue weighted by atomic mass is 10.1. The van der Waals surface area contributed by atoms with Gasteiger partial charge in [0.25, 0.3) is 16.7 Å². The minimum absolute atomic E-state index is 0.0341. The Morgan fingerprint density at radius 3 is 2.62 bits per heavy atom. The number of hydrazine groups is 1. The lowest BCUT2D eigenvalue weighted by molar-refractivity contribution is -0.384. The summed E-state index contributed by atoms with van der Waals surface area (Å²) in [5.41, 5.74) is 4.06. The van der Waals surface area contributed by atoms with Crippen molar-refractivity contribution in [1.82, 2.24) is 20.7 Å². The van der Waals surface area contributed by atoms with Gasteiger partial charge >= 0.3 is 5.97 Å². The lowest BCUT2D eigenvalue weighted by Crippen LogP contribution is -2.66. The predicted octanol–water partition coefficient (Wildman–Crippen LogP) is 1.04. The minimum atomic E-state index is -1.37. The summed E-state index contributed by atoms with van der Waals surface area (Å²) in [5.74, 6) is -0.993. The molecule has 0 radical (unpaired) electrons. The third-order valence-electron chi connectivity index (χ3n) is 4.72. The third kappa shape index (κ3) is 4.40. The first-order valence-electron chi connectivity index (χ1n) is 9.79. The number of nitrogens with one attached hydrogen (secondary N) is 2. The molecule has 2 atom stereocenters. The zero-order valence-corrected chi connectivity index (χ0v) is 19.2. The number of nitrogens with zero attached hydrogens (tertiary/aromatic N) is 5. The fraction of sp³-hybridized carbons (Fsp3) is 0.421. The molecular weight excluding hydrogens is 438 g/mol. The monoisotopic (exact) mass is 463 g/mol. The van der Waals surface area contributed by atoms with E-state index in [1.54, 1.807) is 30.1 Å². The first-order valence-corrected chi connectivity index (χ1v) is 10.6. The molecule has 2 unspecified atom stereocenters. The van der Waals surface area contributed by atoms with Crippen LogP contribution in [-0.4, -0.2) is 70.7 Å². The predicted molar refractivity (Wildman–Crippen MR) is 120 cm³/mol. The molecule has 2 heterocycles. The molecule has 1 spiro atoms. The first-order chi connectivity index (χ1) is 15.1. The molecule has 32 heavy (non-hydrogen) atoms. The van der Waals surface area contributed by atoms with Crippen molar-refractivity contribution in [3.05, 3.63) is 46.2 Å². The van der Waals surface area contributed by atoms with Crippen LogP contribution < -0.4 is 15.8 Å². The van der Waals surface area contributed by atoms with Gasteiger partial charge in [-0.25, -0.2) is 15.2 Å². The van der Waals surface area contributed by atoms with Gasteiger partial charge in [-0.05, 0) is 37.7 Å². The van der Waals surface area contributed by atoms with Crippen molar-refractivity contribution in [2.75, 3.05) is 32.8 Å². The van der Waals surface area contributed by atoms with E-state index in [0.717, 1.165) is 11.8 Å². The second-order valence-corrected chi connectivity index (χ2v) is 8.49. The van der Waals surface area contributed by atoms with Gasteiger partial charge < -0.3 is 15.0 Å². The van der Waals surface area contributed by atoms with Crippen LogP contribution in [0.3, 0.4) is 0 Å². The number of thioether (sulfide) groups is 1. The summed E-state index contributed by atoms with van der Waals surface area (Å²) in [6.45, 7) is 3.69. The number of nitro groups is 1. The number of carbonyl (C=O) groups excluding carboxylic acids is 2. The van der Waals surface area contributed by atoms with E-state index in [-0.39, 0.29) is 29.3 Å². The van der Waals surface area contributed by atoms with Crippen molar-refractivity contribution in [3.63, 3.8) is 0 Å². The zero-order chi connectivity index (χ0) is 23.6. The molecule has 2 N–H and O–H groups in total. The topological polar surface area (TPSA) is 133 Å². The molecule has 1 amide bonds. The molecule has 12 nitrogen and oxygen atoms in total. The number of anilines is 1. The van der Waals surface area contributed by atoms with E-state index < -0.39 is 16.0 Å². The van der Waals surface area contributed by atoms with Crippen LogP contribution in [0.15, 0.2) is 41.1 Å². The van der Waals surface area contributed by atoms with Gasteiger partial charge in [-0.2, -0.15) is 10.1 Å². The fourth-order valence-electron chi connectivity index (χ4n) is 3.27. The average molecular weight is 464 g/mol. The van der Waals surface area contributed by atoms with Crippen LogP contribution in [-0.2, 0) is 14.3 Å². The number of hydrogen-bond donors (Lipinski definition) is 2. The maximum Gasteiger partial charge on any atom is 0.365 e. The van der Waals surface area contributed by atoms with Crippen LogP contribution in [0.2, 0.25) is 0 Å². The number of hydrazone groups is 1. The normalized spacial score (nSPS) is 24.8. The number of esters is 1. The molecule has 0 saturated carbocycles. The quantitative estimate of drug-likeness (QED) is 0.282. The maximum absolute atomic E-state index is 13.2. The number of non-ortho nitro benzene ring substituents is 1. The number of amides is 1. The Morgan fingerprint density at radius 1 is 1.41 bits per heavy atom. The van der Waals surface area contributed by atoms with Crippen molar-refractivity contribution in [1.29, 1.82) is 0 Å². The van der Waals surface area contributed by atoms with Crippen LogP contribution in [0, 0.1) is 10.1 Å². The Bertz CT molecular complexity index is 981. The number of nitro benzene ring substituents is 1. The van der Waals surface area contributed by atoms with Gasteiger partial charge in [0, 0.05) is 39.5 Å². The molecule has 172 valence electrons. The average Bonchev–Trinajstić information content (AvgIpc) is 3.09. The highest BCUT2D eigenvalue weighted by molar-refractivity contribution is 8.17. The molecule has 1 aromatic rings. The van der Waals surface area contributed by atoms with Gasteiger partial charge in [-0.15, -0.1) is 0 Å². The van der Waals surface area contributed by atoms with Crippen molar-refractivity contribution in [3.8, 4) is 0 Å². The van der Waals surface area contributed by atoms with E-state index in [4.69, 9.17) is 4.74 Å². The Labute approximate surface area is 189 Å². The Hall–Kier alpha value is -3.16. The van der Waals surface area contributed by atoms with Crippen LogP contribution in [0.5, 0.6) is 0 Å². The van der Waals surface area contributed by atoms with Gasteiger partial charge in [0.15, 0.2) is 0 Å². The number of rotatable bonds is 5. The van der Waals surface area contributed by atoms with Crippen LogP contribution in [0.25, 0.3) is 0 Å². The van der Waals surface area contributed by atoms with Crippen molar-refractivity contribution in [2.45, 2.75) is 25.0 Å². The number of benzene rings is 1. The van der Waals surface area contributed by atoms with Crippen molar-refractivity contribution < 1.29 is 19.2 Å². The summed E-state index contributed by atoms with van der Waals surface area (Å²) in [4.78, 5) is 38.0. The molecule has 3 rings (SSSR count). The zero-order valence-electron chi connectivity index (χ0n) is 18.4. The lowest BCUT2D eigenvalue weighted by Gasteiger charge is -2.41. The van der Waals surface area contributed by atoms with E-state index in [1.165, 1.54) is 29.3 Å². The highest BCUT2D eigenvalue weighted by atomic mass is 32.2. The largest absolute Gasteiger partial charge is 0.461 e. The van der Waals surface area contributed by atoms with E-state index in [1.807, 2.05) is 21.0 Å². The van der Waals surface area contributed by atoms with Crippen LogP contribution >= 0.6 is 11.8 Å². The van der Waals surface area contributed by atoms with Crippen molar-refractivity contribution >= 4 is 40.1 Å². The SMILES string of the molecule is CCOC(=O)C1=NN(c2ccc([N+](=O)[O-])cc2)C2(NC(=O)/C(=C/N(C)C)C(C)NN2C)S1. The molecule has 1 aromatic carbocycles. The number of hydrogen-bond acceptors (Lipinski definition) is 11. The number of ether oxygens (including phenoxy) is 1. The Morgan fingerprint density at radius 2 is 2.06 bits per heavy atom. The molecule has 2 aliphatic heterocycles. The second-order valence-electron chi connectivity index (χ2n) is 7.33. The summed E-state index contributed by atoms with van der Waals surface area (Å²) in [6, 6.07) is 5.31. The fourth-order valence-corrected chi connectivity index (χ4v) is 4.37. The highest BCUT2D eigenvalue weighted by Gasteiger charge is 2.54. The molecular formula is C19H25N7O5S. The standard InChI is InChI=1S/C19H25N7O5S/c1-6-31-18(28)17-22-25(13-7-9-14(10-8-13)26(29)30)19(32-17)20-16(27)15(11-23(3)4)12(2)21-24(19)5/h7-12,21H,6H2,1-5H3,(H,20,27)/b15-11+. The van der Waals surface area contributed by atoms with Gasteiger partial charge in [-0.1, -0.05) is 0 Å². The van der Waals surface area contributed by atoms with Gasteiger partial charge in [0.1, 0.15) is 0 Å². The van der Waals surface area contributed by atoms with Crippen LogP contribution in [0.4, 0.5) is 11.4 Å². The van der Waals surface area contributed by atoms with Gasteiger partial charge in [0.05, 0.1) is 28.8 Å². The van der Waals surface area contributed by atoms with E-state index in [9.17, 15) is 19.7 Å². The molecule has 2 aliphatic rings. The molecule has 0 bridgehead atoms. The summed E-state index contributed by atoms with van der Waals surface area (Å²) in [5, 5.41) is 20.2. The minimum Gasteiger partial charge on any atom is -0.461 e. The highest BCUT2D eigenvalue weighted by Crippen LogP contribution is 2.42. The molecule has 1 saturated heterocycles. The van der Waals surface area contributed by atoms with E-state index in [2.05, 4.69) is 15.8 Å². The van der Waals surface area contributed by atoms with E-state index >= 15 is 0 Å². The Balaban J connectivity index is 2.09.